The topological polar surface area (TPSA) is 103 Å². The van der Waals surface area contributed by atoms with Crippen molar-refractivity contribution in [1.82, 2.24) is 4.98 Å². The molecular weight excluding hydrogens is 502 g/mol. The van der Waals surface area contributed by atoms with Gasteiger partial charge in [-0.2, -0.15) is 0 Å². The van der Waals surface area contributed by atoms with Crippen LogP contribution in [0.5, 0.6) is 11.5 Å². The van der Waals surface area contributed by atoms with Crippen LogP contribution < -0.4 is 9.47 Å². The molecule has 0 spiro atoms. The zero-order valence-electron chi connectivity index (χ0n) is 19.3. The van der Waals surface area contributed by atoms with E-state index in [4.69, 9.17) is 26.2 Å². The van der Waals surface area contributed by atoms with E-state index < -0.39 is 22.4 Å². The fourth-order valence-electron chi connectivity index (χ4n) is 3.66. The second-order valence-corrected chi connectivity index (χ2v) is 10.7. The summed E-state index contributed by atoms with van der Waals surface area (Å²) < 4.78 is 36.7. The Morgan fingerprint density at radius 3 is 2.50 bits per heavy atom. The number of carboxylic acids is 1. The average molecular weight is 526 g/mol. The van der Waals surface area contributed by atoms with Crippen molar-refractivity contribution in [3.05, 3.63) is 95.1 Å². The number of halogens is 1. The molecular formula is C27H24ClNO6S. The van der Waals surface area contributed by atoms with Gasteiger partial charge in [-0.1, -0.05) is 41.9 Å². The number of benzene rings is 3. The van der Waals surface area contributed by atoms with Gasteiger partial charge < -0.3 is 14.6 Å². The van der Waals surface area contributed by atoms with Gasteiger partial charge in [-0.15, -0.1) is 0 Å². The number of carboxylic acid groups (broad SMARTS) is 1. The molecule has 1 N–H and O–H groups in total. The molecule has 0 bridgehead atoms. The molecule has 3 aromatic carbocycles. The van der Waals surface area contributed by atoms with Crippen molar-refractivity contribution in [2.75, 3.05) is 12.4 Å². The Hall–Kier alpha value is -3.62. The van der Waals surface area contributed by atoms with Crippen LogP contribution in [0.3, 0.4) is 0 Å². The Kier molecular flexibility index (Phi) is 8.07. The van der Waals surface area contributed by atoms with Crippen LogP contribution in [0.1, 0.15) is 17.7 Å². The van der Waals surface area contributed by atoms with Gasteiger partial charge in [0, 0.05) is 16.5 Å². The standard InChI is InChI=1S/C27H24ClNO6S/c28-21-9-13-24(14-10-21)36(32,33)15-3-5-20-8-12-23(34-18-27(30)31)16-26(20)35-17-22-11-7-19-4-1-2-6-25(19)29-22/h1-2,4,6-14,16H,3,5,15,17-18H2,(H,30,31). The molecule has 4 aromatic rings. The number of ether oxygens (including phenoxy) is 2. The minimum Gasteiger partial charge on any atom is -0.487 e. The van der Waals surface area contributed by atoms with Crippen molar-refractivity contribution in [3.8, 4) is 11.5 Å². The Balaban J connectivity index is 1.48. The van der Waals surface area contributed by atoms with E-state index in [1.165, 1.54) is 12.1 Å². The molecule has 186 valence electrons. The smallest absolute Gasteiger partial charge is 0.341 e. The van der Waals surface area contributed by atoms with Gasteiger partial charge in [0.15, 0.2) is 16.4 Å². The largest absolute Gasteiger partial charge is 0.487 e. The van der Waals surface area contributed by atoms with Crippen LogP contribution in [0.15, 0.2) is 83.8 Å². The van der Waals surface area contributed by atoms with E-state index in [9.17, 15) is 13.2 Å². The van der Waals surface area contributed by atoms with Crippen LogP contribution in [-0.2, 0) is 27.7 Å². The van der Waals surface area contributed by atoms with Crippen LogP contribution in [0, 0.1) is 0 Å². The van der Waals surface area contributed by atoms with Gasteiger partial charge in [0.1, 0.15) is 18.1 Å². The quantitative estimate of drug-likeness (QED) is 0.282. The first-order chi connectivity index (χ1) is 17.3. The summed E-state index contributed by atoms with van der Waals surface area (Å²) in [7, 11) is -3.46. The highest BCUT2D eigenvalue weighted by Crippen LogP contribution is 2.28. The lowest BCUT2D eigenvalue weighted by molar-refractivity contribution is -0.139. The van der Waals surface area contributed by atoms with E-state index >= 15 is 0 Å². The molecule has 0 atom stereocenters. The lowest BCUT2D eigenvalue weighted by atomic mass is 10.1. The first kappa shape index (κ1) is 25.5. The van der Waals surface area contributed by atoms with E-state index in [-0.39, 0.29) is 17.3 Å². The molecule has 0 unspecified atom stereocenters. The van der Waals surface area contributed by atoms with Crippen LogP contribution >= 0.6 is 11.6 Å². The van der Waals surface area contributed by atoms with E-state index in [0.29, 0.717) is 29.4 Å². The predicted molar refractivity (Wildman–Crippen MR) is 137 cm³/mol. The first-order valence-electron chi connectivity index (χ1n) is 11.2. The summed E-state index contributed by atoms with van der Waals surface area (Å²) >= 11 is 5.86. The van der Waals surface area contributed by atoms with Crippen molar-refractivity contribution in [1.29, 1.82) is 0 Å². The van der Waals surface area contributed by atoms with Gasteiger partial charge in [-0.3, -0.25) is 0 Å². The third-order valence-corrected chi connectivity index (χ3v) is 7.53. The second-order valence-electron chi connectivity index (χ2n) is 8.11. The average Bonchev–Trinajstić information content (AvgIpc) is 2.87. The number of carbonyl (C=O) groups is 1. The molecule has 0 amide bonds. The van der Waals surface area contributed by atoms with Gasteiger partial charge in [0.05, 0.1) is 21.9 Å². The van der Waals surface area contributed by atoms with Crippen molar-refractivity contribution in [2.45, 2.75) is 24.3 Å². The number of rotatable bonds is 11. The van der Waals surface area contributed by atoms with E-state index in [2.05, 4.69) is 4.98 Å². The zero-order valence-corrected chi connectivity index (χ0v) is 20.8. The predicted octanol–water partition coefficient (Wildman–Crippen LogP) is 5.34. The molecule has 0 radical (unpaired) electrons. The van der Waals surface area contributed by atoms with Gasteiger partial charge in [0.2, 0.25) is 0 Å². The van der Waals surface area contributed by atoms with Gasteiger partial charge in [-0.25, -0.2) is 18.2 Å². The van der Waals surface area contributed by atoms with Crippen molar-refractivity contribution in [3.63, 3.8) is 0 Å². The van der Waals surface area contributed by atoms with E-state index in [1.54, 1.807) is 30.3 Å². The maximum absolute atomic E-state index is 12.7. The minimum absolute atomic E-state index is 0.0441. The molecule has 0 aliphatic rings. The maximum atomic E-state index is 12.7. The molecule has 0 aliphatic heterocycles. The summed E-state index contributed by atoms with van der Waals surface area (Å²) in [5.74, 6) is -0.306. The third-order valence-electron chi connectivity index (χ3n) is 5.46. The summed E-state index contributed by atoms with van der Waals surface area (Å²) in [6, 6.07) is 22.7. The zero-order chi connectivity index (χ0) is 25.5. The van der Waals surface area contributed by atoms with Crippen molar-refractivity contribution in [2.24, 2.45) is 0 Å². The normalized spacial score (nSPS) is 11.4. The highest BCUT2D eigenvalue weighted by Gasteiger charge is 2.15. The Labute approximate surface area is 214 Å². The number of aryl methyl sites for hydroxylation is 1. The highest BCUT2D eigenvalue weighted by molar-refractivity contribution is 7.91. The van der Waals surface area contributed by atoms with Crippen LogP contribution in [0.4, 0.5) is 0 Å². The molecule has 1 heterocycles. The second kappa shape index (κ2) is 11.4. The monoisotopic (exact) mass is 525 g/mol. The number of aliphatic carboxylic acids is 1. The highest BCUT2D eigenvalue weighted by atomic mass is 35.5. The molecule has 4 rings (SSSR count). The Morgan fingerprint density at radius 2 is 1.72 bits per heavy atom. The van der Waals surface area contributed by atoms with Crippen molar-refractivity contribution >= 4 is 38.3 Å². The number of sulfone groups is 1. The number of hydrogen-bond donors (Lipinski definition) is 1. The summed E-state index contributed by atoms with van der Waals surface area (Å²) in [4.78, 5) is 15.7. The Bertz CT molecular complexity index is 1470. The lowest BCUT2D eigenvalue weighted by Crippen LogP contribution is -2.10. The first-order valence-corrected chi connectivity index (χ1v) is 13.3. The van der Waals surface area contributed by atoms with Gasteiger partial charge in [-0.05, 0) is 60.9 Å². The number of para-hydroxylation sites is 1. The fraction of sp³-hybridized carbons (Fsp3) is 0.185. The molecule has 0 aliphatic carbocycles. The summed E-state index contributed by atoms with van der Waals surface area (Å²) in [5, 5.41) is 10.4. The third kappa shape index (κ3) is 6.74. The number of nitrogens with zero attached hydrogens (tertiary/aromatic N) is 1. The molecule has 9 heteroatoms. The molecule has 1 aromatic heterocycles. The summed E-state index contributed by atoms with van der Waals surface area (Å²) in [6.45, 7) is -0.298. The SMILES string of the molecule is O=C(O)COc1ccc(CCCS(=O)(=O)c2ccc(Cl)cc2)c(OCc2ccc3ccccc3n2)c1. The fourth-order valence-corrected chi connectivity index (χ4v) is 5.10. The summed E-state index contributed by atoms with van der Waals surface area (Å²) in [5.41, 5.74) is 2.36. The molecule has 7 nitrogen and oxygen atoms in total. The minimum atomic E-state index is -3.46. The number of hydrogen-bond acceptors (Lipinski definition) is 6. The van der Waals surface area contributed by atoms with Crippen molar-refractivity contribution < 1.29 is 27.8 Å². The molecule has 0 fully saturated rings. The van der Waals surface area contributed by atoms with Crippen LogP contribution in [-0.4, -0.2) is 36.8 Å². The van der Waals surface area contributed by atoms with Gasteiger partial charge in [0.25, 0.3) is 0 Å². The van der Waals surface area contributed by atoms with E-state index in [0.717, 1.165) is 22.2 Å². The number of fused-ring (bicyclic) bond motifs is 1. The van der Waals surface area contributed by atoms with Crippen LogP contribution in [0.25, 0.3) is 10.9 Å². The van der Waals surface area contributed by atoms with Crippen LogP contribution in [0.2, 0.25) is 5.02 Å². The maximum Gasteiger partial charge on any atom is 0.341 e. The molecule has 0 saturated heterocycles. The lowest BCUT2D eigenvalue weighted by Gasteiger charge is -2.14. The number of aromatic nitrogens is 1. The molecule has 36 heavy (non-hydrogen) atoms. The number of pyridine rings is 1. The Morgan fingerprint density at radius 1 is 0.944 bits per heavy atom. The molecule has 0 saturated carbocycles. The van der Waals surface area contributed by atoms with E-state index in [1.807, 2.05) is 36.4 Å². The summed E-state index contributed by atoms with van der Waals surface area (Å²) in [6.07, 6.45) is 0.803. The van der Waals surface area contributed by atoms with Gasteiger partial charge >= 0.3 is 5.97 Å².